The Kier molecular flexibility index (Phi) is 4.31. The molecule has 1 saturated heterocycles. The highest BCUT2D eigenvalue weighted by molar-refractivity contribution is 5.13. The van der Waals surface area contributed by atoms with Gasteiger partial charge in [-0.1, -0.05) is 30.3 Å². The van der Waals surface area contributed by atoms with E-state index in [4.69, 9.17) is 9.47 Å². The van der Waals surface area contributed by atoms with Gasteiger partial charge >= 0.3 is 0 Å². The maximum Gasteiger partial charge on any atom is 0.183 e. The molecule has 0 bridgehead atoms. The molecule has 0 spiro atoms. The van der Waals surface area contributed by atoms with Crippen LogP contribution in [0.1, 0.15) is 12.5 Å². The molecular weight excluding hydrogens is 236 g/mol. The van der Waals surface area contributed by atoms with Crippen LogP contribution in [0.5, 0.6) is 0 Å². The number of aliphatic hydroxyl groups is 3. The van der Waals surface area contributed by atoms with E-state index in [0.717, 1.165) is 5.56 Å². The predicted molar refractivity (Wildman–Crippen MR) is 63.6 cm³/mol. The van der Waals surface area contributed by atoms with Crippen molar-refractivity contribution in [3.63, 3.8) is 0 Å². The molecule has 2 rings (SSSR count). The minimum Gasteiger partial charge on any atom is -0.387 e. The Morgan fingerprint density at radius 3 is 2.44 bits per heavy atom. The van der Waals surface area contributed by atoms with Crippen molar-refractivity contribution in [2.24, 2.45) is 0 Å². The fraction of sp³-hybridized carbons (Fsp3) is 0.538. The number of benzene rings is 1. The number of hydrogen-bond acceptors (Lipinski definition) is 5. The zero-order chi connectivity index (χ0) is 13.1. The molecule has 0 saturated carbocycles. The van der Waals surface area contributed by atoms with Gasteiger partial charge < -0.3 is 24.8 Å². The first-order valence-electron chi connectivity index (χ1n) is 5.95. The third-order valence-corrected chi connectivity index (χ3v) is 3.08. The lowest BCUT2D eigenvalue weighted by Gasteiger charge is -2.39. The van der Waals surface area contributed by atoms with Gasteiger partial charge in [0, 0.05) is 0 Å². The molecule has 1 aliphatic heterocycles. The summed E-state index contributed by atoms with van der Waals surface area (Å²) in [6, 6.07) is 9.52. The molecule has 1 aliphatic rings. The Bertz CT molecular complexity index is 369. The second-order valence-corrected chi connectivity index (χ2v) is 4.47. The predicted octanol–water partition coefficient (Wildman–Crippen LogP) is 0.0307. The highest BCUT2D eigenvalue weighted by Crippen LogP contribution is 2.23. The van der Waals surface area contributed by atoms with Gasteiger partial charge in [0.2, 0.25) is 0 Å². The van der Waals surface area contributed by atoms with E-state index in [0.29, 0.717) is 6.61 Å². The minimum absolute atomic E-state index is 0.319. The number of rotatable bonds is 3. The third kappa shape index (κ3) is 2.88. The quantitative estimate of drug-likeness (QED) is 0.709. The van der Waals surface area contributed by atoms with Crippen molar-refractivity contribution in [3.8, 4) is 0 Å². The van der Waals surface area contributed by atoms with E-state index in [1.165, 1.54) is 0 Å². The summed E-state index contributed by atoms with van der Waals surface area (Å²) in [4.78, 5) is 0. The van der Waals surface area contributed by atoms with E-state index in [-0.39, 0.29) is 0 Å². The summed E-state index contributed by atoms with van der Waals surface area (Å²) < 4.78 is 10.7. The monoisotopic (exact) mass is 254 g/mol. The zero-order valence-corrected chi connectivity index (χ0v) is 10.1. The average Bonchev–Trinajstić information content (AvgIpc) is 2.37. The van der Waals surface area contributed by atoms with Gasteiger partial charge in [0.05, 0.1) is 12.7 Å². The fourth-order valence-electron chi connectivity index (χ4n) is 2.02. The summed E-state index contributed by atoms with van der Waals surface area (Å²) in [7, 11) is 0. The van der Waals surface area contributed by atoms with Crippen LogP contribution in [0.25, 0.3) is 0 Å². The van der Waals surface area contributed by atoms with Gasteiger partial charge in [0.15, 0.2) is 6.29 Å². The molecule has 100 valence electrons. The molecule has 5 atom stereocenters. The lowest BCUT2D eigenvalue weighted by molar-refractivity contribution is -0.287. The van der Waals surface area contributed by atoms with Crippen molar-refractivity contribution in [3.05, 3.63) is 35.9 Å². The van der Waals surface area contributed by atoms with Crippen molar-refractivity contribution >= 4 is 0 Å². The molecule has 1 heterocycles. The van der Waals surface area contributed by atoms with Crippen LogP contribution in [0.2, 0.25) is 0 Å². The molecule has 0 aliphatic carbocycles. The van der Waals surface area contributed by atoms with E-state index >= 15 is 0 Å². The average molecular weight is 254 g/mol. The van der Waals surface area contributed by atoms with E-state index in [9.17, 15) is 15.3 Å². The molecule has 1 aromatic carbocycles. The lowest BCUT2D eigenvalue weighted by Crippen LogP contribution is -2.57. The van der Waals surface area contributed by atoms with Gasteiger partial charge in [-0.3, -0.25) is 0 Å². The van der Waals surface area contributed by atoms with E-state index in [2.05, 4.69) is 0 Å². The fourth-order valence-corrected chi connectivity index (χ4v) is 2.02. The summed E-state index contributed by atoms with van der Waals surface area (Å²) in [6.45, 7) is 2.01. The van der Waals surface area contributed by atoms with Crippen LogP contribution in [0, 0.1) is 0 Å². The summed E-state index contributed by atoms with van der Waals surface area (Å²) in [5, 5.41) is 28.7. The van der Waals surface area contributed by atoms with Crippen molar-refractivity contribution < 1.29 is 24.8 Å². The van der Waals surface area contributed by atoms with Crippen LogP contribution in [0.15, 0.2) is 30.3 Å². The molecular formula is C13H18O5. The van der Waals surface area contributed by atoms with Gasteiger partial charge in [0.1, 0.15) is 18.3 Å². The Morgan fingerprint density at radius 1 is 1.11 bits per heavy atom. The Morgan fingerprint density at radius 2 is 1.78 bits per heavy atom. The van der Waals surface area contributed by atoms with Crippen molar-refractivity contribution in [2.45, 2.75) is 44.2 Å². The first-order valence-corrected chi connectivity index (χ1v) is 5.95. The molecule has 5 heteroatoms. The van der Waals surface area contributed by atoms with E-state index in [1.54, 1.807) is 6.92 Å². The largest absolute Gasteiger partial charge is 0.387 e. The number of aliphatic hydroxyl groups excluding tert-OH is 3. The van der Waals surface area contributed by atoms with E-state index in [1.807, 2.05) is 30.3 Å². The maximum absolute atomic E-state index is 9.84. The van der Waals surface area contributed by atoms with Crippen LogP contribution >= 0.6 is 0 Å². The first kappa shape index (κ1) is 13.5. The van der Waals surface area contributed by atoms with Crippen molar-refractivity contribution in [1.29, 1.82) is 0 Å². The molecule has 0 aromatic heterocycles. The first-order chi connectivity index (χ1) is 8.59. The zero-order valence-electron chi connectivity index (χ0n) is 10.1. The Balaban J connectivity index is 1.96. The SMILES string of the molecule is C[C@@H]1O[C@@H](O)[C@H](O)[C@H](O)[C@H]1OCc1ccccc1. The number of hydrogen-bond donors (Lipinski definition) is 3. The summed E-state index contributed by atoms with van der Waals surface area (Å²) in [6.07, 6.45) is -5.02. The second-order valence-electron chi connectivity index (χ2n) is 4.47. The summed E-state index contributed by atoms with van der Waals surface area (Å²) in [5.74, 6) is 0. The maximum atomic E-state index is 9.84. The molecule has 1 aromatic rings. The van der Waals surface area contributed by atoms with Crippen LogP contribution in [0.3, 0.4) is 0 Å². The summed E-state index contributed by atoms with van der Waals surface area (Å²) in [5.41, 5.74) is 0.970. The Labute approximate surface area is 106 Å². The van der Waals surface area contributed by atoms with Gasteiger partial charge in [-0.25, -0.2) is 0 Å². The number of ether oxygens (including phenoxy) is 2. The normalized spacial score (nSPS) is 36.6. The molecule has 0 amide bonds. The molecule has 18 heavy (non-hydrogen) atoms. The van der Waals surface area contributed by atoms with Crippen LogP contribution < -0.4 is 0 Å². The van der Waals surface area contributed by atoms with Crippen LogP contribution in [0.4, 0.5) is 0 Å². The standard InChI is InChI=1S/C13H18O5/c1-8-12(10(14)11(15)13(16)18-8)17-7-9-5-3-2-4-6-9/h2-6,8,10-16H,7H2,1H3/t8-,10-,11+,12-,13+/m0/s1. The van der Waals surface area contributed by atoms with Crippen LogP contribution in [-0.2, 0) is 16.1 Å². The lowest BCUT2D eigenvalue weighted by atomic mass is 10.00. The topological polar surface area (TPSA) is 79.2 Å². The molecule has 1 fully saturated rings. The Hall–Kier alpha value is -0.980. The molecule has 3 N–H and O–H groups in total. The summed E-state index contributed by atoms with van der Waals surface area (Å²) >= 11 is 0. The van der Waals surface area contributed by atoms with Gasteiger partial charge in [-0.15, -0.1) is 0 Å². The highest BCUT2D eigenvalue weighted by atomic mass is 16.6. The van der Waals surface area contributed by atoms with Gasteiger partial charge in [-0.05, 0) is 12.5 Å². The minimum atomic E-state index is -1.37. The third-order valence-electron chi connectivity index (χ3n) is 3.08. The van der Waals surface area contributed by atoms with Crippen molar-refractivity contribution in [2.75, 3.05) is 0 Å². The second kappa shape index (κ2) is 5.77. The van der Waals surface area contributed by atoms with Gasteiger partial charge in [0.25, 0.3) is 0 Å². The van der Waals surface area contributed by atoms with Crippen LogP contribution in [-0.4, -0.2) is 46.0 Å². The molecule has 0 unspecified atom stereocenters. The smallest absolute Gasteiger partial charge is 0.183 e. The van der Waals surface area contributed by atoms with Gasteiger partial charge in [-0.2, -0.15) is 0 Å². The molecule has 5 nitrogen and oxygen atoms in total. The van der Waals surface area contributed by atoms with Crippen molar-refractivity contribution in [1.82, 2.24) is 0 Å². The molecule has 0 radical (unpaired) electrons. The highest BCUT2D eigenvalue weighted by Gasteiger charge is 2.42. The van der Waals surface area contributed by atoms with E-state index < -0.39 is 30.7 Å².